The summed E-state index contributed by atoms with van der Waals surface area (Å²) in [5, 5.41) is 1.09. The first-order valence-electron chi connectivity index (χ1n) is 5.63. The van der Waals surface area contributed by atoms with Crippen LogP contribution in [0.15, 0.2) is 39.4 Å². The highest BCUT2D eigenvalue weighted by Gasteiger charge is 2.09. The normalized spacial score (nSPS) is 11.1. The Morgan fingerprint density at radius 2 is 1.89 bits per heavy atom. The Morgan fingerprint density at radius 1 is 1.06 bits per heavy atom. The molecule has 0 N–H and O–H groups in total. The van der Waals surface area contributed by atoms with Gasteiger partial charge in [-0.3, -0.25) is 0 Å². The fourth-order valence-electron chi connectivity index (χ4n) is 1.95. The molecule has 0 aliphatic carbocycles. The van der Waals surface area contributed by atoms with Gasteiger partial charge in [0.15, 0.2) is 5.76 Å². The van der Waals surface area contributed by atoms with Crippen LogP contribution in [0.1, 0.15) is 11.4 Å². The number of rotatable bonds is 1. The van der Waals surface area contributed by atoms with Crippen molar-refractivity contribution in [1.82, 2.24) is 9.97 Å². The molecule has 1 aromatic carbocycles. The van der Waals surface area contributed by atoms with Crippen LogP contribution in [-0.4, -0.2) is 9.97 Å². The van der Waals surface area contributed by atoms with Crippen LogP contribution in [0.3, 0.4) is 0 Å². The Bertz CT molecular complexity index is 713. The van der Waals surface area contributed by atoms with Crippen molar-refractivity contribution in [3.63, 3.8) is 0 Å². The summed E-state index contributed by atoms with van der Waals surface area (Å²) in [4.78, 5) is 8.58. The number of aryl methyl sites for hydroxylation is 2. The maximum absolute atomic E-state index is 5.81. The van der Waals surface area contributed by atoms with Crippen LogP contribution in [0, 0.1) is 13.8 Å². The molecule has 0 saturated heterocycles. The standard InChI is InChI=1S/C14H11BrN2O/c1-8-3-4-12-10(5-8)6-13(18-12)11-7-14(15)17-9(2)16-11/h3-7H,1-2H3. The first-order chi connectivity index (χ1) is 8.61. The van der Waals surface area contributed by atoms with Crippen LogP contribution in [0.4, 0.5) is 0 Å². The molecular formula is C14H11BrN2O. The van der Waals surface area contributed by atoms with Gasteiger partial charge in [0.25, 0.3) is 0 Å². The van der Waals surface area contributed by atoms with E-state index in [1.807, 2.05) is 31.2 Å². The van der Waals surface area contributed by atoms with Crippen LogP contribution in [0.25, 0.3) is 22.4 Å². The fourth-order valence-corrected chi connectivity index (χ4v) is 2.42. The van der Waals surface area contributed by atoms with Gasteiger partial charge in [-0.15, -0.1) is 0 Å². The van der Waals surface area contributed by atoms with Crippen molar-refractivity contribution >= 4 is 26.9 Å². The van der Waals surface area contributed by atoms with Crippen molar-refractivity contribution in [2.24, 2.45) is 0 Å². The Balaban J connectivity index is 2.19. The maximum Gasteiger partial charge on any atom is 0.153 e. The highest BCUT2D eigenvalue weighted by atomic mass is 79.9. The summed E-state index contributed by atoms with van der Waals surface area (Å²) in [7, 11) is 0. The molecule has 4 heteroatoms. The lowest BCUT2D eigenvalue weighted by Crippen LogP contribution is -1.90. The molecule has 3 aromatic rings. The predicted octanol–water partition coefficient (Wildman–Crippen LogP) is 4.27. The van der Waals surface area contributed by atoms with E-state index < -0.39 is 0 Å². The third-order valence-electron chi connectivity index (χ3n) is 2.73. The highest BCUT2D eigenvalue weighted by molar-refractivity contribution is 9.10. The monoisotopic (exact) mass is 302 g/mol. The average molecular weight is 303 g/mol. The second-order valence-corrected chi connectivity index (χ2v) is 5.09. The van der Waals surface area contributed by atoms with Gasteiger partial charge in [-0.05, 0) is 48.0 Å². The minimum absolute atomic E-state index is 0.719. The molecule has 0 fully saturated rings. The zero-order chi connectivity index (χ0) is 12.7. The Labute approximate surface area is 113 Å². The lowest BCUT2D eigenvalue weighted by atomic mass is 10.2. The zero-order valence-corrected chi connectivity index (χ0v) is 11.7. The molecule has 0 radical (unpaired) electrons. The van der Waals surface area contributed by atoms with Crippen molar-refractivity contribution in [1.29, 1.82) is 0 Å². The van der Waals surface area contributed by atoms with Crippen molar-refractivity contribution < 1.29 is 4.42 Å². The molecular weight excluding hydrogens is 292 g/mol. The summed E-state index contributed by atoms with van der Waals surface area (Å²) in [6.07, 6.45) is 0. The summed E-state index contributed by atoms with van der Waals surface area (Å²) < 4.78 is 6.57. The second-order valence-electron chi connectivity index (χ2n) is 4.28. The molecule has 0 aliphatic rings. The van der Waals surface area contributed by atoms with Crippen molar-refractivity contribution in [3.8, 4) is 11.5 Å². The van der Waals surface area contributed by atoms with Gasteiger partial charge in [0.1, 0.15) is 21.7 Å². The topological polar surface area (TPSA) is 38.9 Å². The third-order valence-corrected chi connectivity index (χ3v) is 3.14. The molecule has 2 aromatic heterocycles. The average Bonchev–Trinajstić information content (AvgIpc) is 2.70. The van der Waals surface area contributed by atoms with Gasteiger partial charge in [0.05, 0.1) is 0 Å². The third kappa shape index (κ3) is 2.04. The van der Waals surface area contributed by atoms with E-state index >= 15 is 0 Å². The zero-order valence-electron chi connectivity index (χ0n) is 10.1. The van der Waals surface area contributed by atoms with Crippen molar-refractivity contribution in [3.05, 3.63) is 46.3 Å². The van der Waals surface area contributed by atoms with E-state index in [-0.39, 0.29) is 0 Å². The first kappa shape index (κ1) is 11.4. The highest BCUT2D eigenvalue weighted by Crippen LogP contribution is 2.28. The Morgan fingerprint density at radius 3 is 2.67 bits per heavy atom. The van der Waals surface area contributed by atoms with E-state index in [2.05, 4.69) is 38.9 Å². The summed E-state index contributed by atoms with van der Waals surface area (Å²) in [6.45, 7) is 3.93. The van der Waals surface area contributed by atoms with E-state index in [0.29, 0.717) is 0 Å². The van der Waals surface area contributed by atoms with Gasteiger partial charge < -0.3 is 4.42 Å². The number of halogens is 1. The van der Waals surface area contributed by atoms with E-state index in [1.165, 1.54) is 5.56 Å². The number of hydrogen-bond donors (Lipinski definition) is 0. The van der Waals surface area contributed by atoms with Gasteiger partial charge in [0.2, 0.25) is 0 Å². The van der Waals surface area contributed by atoms with Crippen LogP contribution < -0.4 is 0 Å². The second kappa shape index (κ2) is 4.21. The minimum atomic E-state index is 0.719. The van der Waals surface area contributed by atoms with Crippen LogP contribution in [0.2, 0.25) is 0 Å². The number of furan rings is 1. The molecule has 18 heavy (non-hydrogen) atoms. The van der Waals surface area contributed by atoms with Crippen molar-refractivity contribution in [2.45, 2.75) is 13.8 Å². The molecule has 0 atom stereocenters. The molecule has 90 valence electrons. The van der Waals surface area contributed by atoms with Crippen LogP contribution >= 0.6 is 15.9 Å². The van der Waals surface area contributed by atoms with Gasteiger partial charge in [-0.2, -0.15) is 0 Å². The number of benzene rings is 1. The lowest BCUT2D eigenvalue weighted by molar-refractivity contribution is 0.627. The Kier molecular flexibility index (Phi) is 2.67. The number of aromatic nitrogens is 2. The molecule has 0 amide bonds. The minimum Gasteiger partial charge on any atom is -0.454 e. The molecule has 0 bridgehead atoms. The van der Waals surface area contributed by atoms with Gasteiger partial charge in [-0.1, -0.05) is 11.6 Å². The molecule has 2 heterocycles. The molecule has 0 saturated carbocycles. The maximum atomic E-state index is 5.81. The molecule has 0 unspecified atom stereocenters. The van der Waals surface area contributed by atoms with Gasteiger partial charge in [-0.25, -0.2) is 9.97 Å². The fraction of sp³-hybridized carbons (Fsp3) is 0.143. The molecule has 3 rings (SSSR count). The molecule has 0 spiro atoms. The van der Waals surface area contributed by atoms with E-state index in [4.69, 9.17) is 4.42 Å². The van der Waals surface area contributed by atoms with E-state index in [1.54, 1.807) is 0 Å². The SMILES string of the molecule is Cc1ccc2oc(-c3cc(Br)nc(C)n3)cc2c1. The summed E-state index contributed by atoms with van der Waals surface area (Å²) in [5.74, 6) is 1.48. The van der Waals surface area contributed by atoms with Crippen LogP contribution in [0.5, 0.6) is 0 Å². The smallest absolute Gasteiger partial charge is 0.153 e. The van der Waals surface area contributed by atoms with E-state index in [9.17, 15) is 0 Å². The van der Waals surface area contributed by atoms with E-state index in [0.717, 1.165) is 32.9 Å². The Hall–Kier alpha value is -1.68. The van der Waals surface area contributed by atoms with Crippen LogP contribution in [-0.2, 0) is 0 Å². The van der Waals surface area contributed by atoms with Gasteiger partial charge in [0, 0.05) is 11.5 Å². The number of hydrogen-bond acceptors (Lipinski definition) is 3. The summed E-state index contributed by atoms with van der Waals surface area (Å²) >= 11 is 3.37. The lowest BCUT2D eigenvalue weighted by Gasteiger charge is -1.98. The van der Waals surface area contributed by atoms with Gasteiger partial charge >= 0.3 is 0 Å². The largest absolute Gasteiger partial charge is 0.454 e. The predicted molar refractivity (Wildman–Crippen MR) is 74.4 cm³/mol. The summed E-state index contributed by atoms with van der Waals surface area (Å²) in [6, 6.07) is 9.99. The summed E-state index contributed by atoms with van der Waals surface area (Å²) in [5.41, 5.74) is 2.89. The quantitative estimate of drug-likeness (QED) is 0.630. The van der Waals surface area contributed by atoms with Crippen molar-refractivity contribution in [2.75, 3.05) is 0 Å². The molecule has 0 aliphatic heterocycles. The molecule has 3 nitrogen and oxygen atoms in total. The number of fused-ring (bicyclic) bond motifs is 1. The number of nitrogens with zero attached hydrogens (tertiary/aromatic N) is 2. The first-order valence-corrected chi connectivity index (χ1v) is 6.43.